The first-order valence-corrected chi connectivity index (χ1v) is 9.22. The Morgan fingerprint density at radius 2 is 2.07 bits per heavy atom. The van der Waals surface area contributed by atoms with E-state index >= 15 is 0 Å². The second kappa shape index (κ2) is 6.84. The summed E-state index contributed by atoms with van der Waals surface area (Å²) in [6.07, 6.45) is 2.76. The van der Waals surface area contributed by atoms with E-state index in [1.165, 1.54) is 12.4 Å². The van der Waals surface area contributed by atoms with Crippen LogP contribution in [0.3, 0.4) is 0 Å². The minimum Gasteiger partial charge on any atom is -0.437 e. The average Bonchev–Trinajstić information content (AvgIpc) is 3.03. The van der Waals surface area contributed by atoms with Gasteiger partial charge in [0.2, 0.25) is 5.88 Å². The summed E-state index contributed by atoms with van der Waals surface area (Å²) in [5.41, 5.74) is 1.80. The number of aliphatic hydroxyl groups is 1. The van der Waals surface area contributed by atoms with Gasteiger partial charge in [0, 0.05) is 0 Å². The predicted octanol–water partition coefficient (Wildman–Crippen LogP) is 0.638. The number of β-amino-alcohol motifs (C(OH)–C–C–N with tert-alkyl or cyclic N) is 1. The number of carbonyl (C=O) groups is 1. The van der Waals surface area contributed by atoms with Gasteiger partial charge in [-0.15, -0.1) is 0 Å². The molecule has 1 aromatic heterocycles. The van der Waals surface area contributed by atoms with Crippen molar-refractivity contribution in [2.75, 3.05) is 13.1 Å². The number of nitrogens with zero attached hydrogens (tertiary/aromatic N) is 3. The Labute approximate surface area is 163 Å². The van der Waals surface area contributed by atoms with Crippen LogP contribution in [0.25, 0.3) is 0 Å². The first kappa shape index (κ1) is 18.9. The fraction of sp³-hybridized carbons (Fsp3) is 0.421. The third-order valence-corrected chi connectivity index (χ3v) is 5.55. The summed E-state index contributed by atoms with van der Waals surface area (Å²) in [7, 11) is -0.953. The lowest BCUT2D eigenvalue weighted by Gasteiger charge is -2.48. The number of rotatable bonds is 4. The quantitative estimate of drug-likeness (QED) is 0.747. The van der Waals surface area contributed by atoms with E-state index in [1.807, 2.05) is 26.8 Å². The first-order valence-electron chi connectivity index (χ1n) is 9.22. The molecule has 0 unspecified atom stereocenters. The maximum absolute atomic E-state index is 12.5. The highest BCUT2D eigenvalue weighted by atomic mass is 16.5. The Balaban J connectivity index is 1.45. The van der Waals surface area contributed by atoms with E-state index < -0.39 is 12.7 Å². The number of carbonyl (C=O) groups excluding carboxylic acids is 1. The molecule has 2 N–H and O–H groups in total. The number of benzene rings is 1. The monoisotopic (exact) mass is 383 g/mol. The summed E-state index contributed by atoms with van der Waals surface area (Å²) in [4.78, 5) is 22.3. The molecule has 9 heteroatoms. The Hall–Kier alpha value is -2.49. The summed E-state index contributed by atoms with van der Waals surface area (Å²) in [6.45, 7) is 6.66. The third kappa shape index (κ3) is 3.15. The summed E-state index contributed by atoms with van der Waals surface area (Å²) < 4.78 is 11.0. The zero-order valence-electron chi connectivity index (χ0n) is 16.0. The van der Waals surface area contributed by atoms with Crippen LogP contribution in [0.5, 0.6) is 11.6 Å². The molecule has 1 amide bonds. The van der Waals surface area contributed by atoms with Gasteiger partial charge in [0.15, 0.2) is 0 Å². The molecule has 0 saturated carbocycles. The Kier molecular flexibility index (Phi) is 4.61. The summed E-state index contributed by atoms with van der Waals surface area (Å²) in [5.74, 6) is 0.605. The molecule has 1 saturated heterocycles. The van der Waals surface area contributed by atoms with Crippen LogP contribution in [0, 0.1) is 12.8 Å². The number of hydrogen-bond donors (Lipinski definition) is 2. The van der Waals surface area contributed by atoms with Gasteiger partial charge in [0.05, 0.1) is 32.1 Å². The molecule has 0 bridgehead atoms. The molecule has 1 fully saturated rings. The molecule has 0 atom stereocenters. The van der Waals surface area contributed by atoms with Crippen molar-refractivity contribution in [1.29, 1.82) is 0 Å². The average molecular weight is 383 g/mol. The lowest BCUT2D eigenvalue weighted by atomic mass is 9.76. The van der Waals surface area contributed by atoms with E-state index in [0.717, 1.165) is 11.1 Å². The van der Waals surface area contributed by atoms with E-state index in [-0.39, 0.29) is 23.4 Å². The van der Waals surface area contributed by atoms with Gasteiger partial charge < -0.3 is 24.4 Å². The first-order chi connectivity index (χ1) is 13.3. The van der Waals surface area contributed by atoms with Crippen molar-refractivity contribution >= 4 is 18.5 Å². The van der Waals surface area contributed by atoms with Crippen LogP contribution in [0.4, 0.5) is 0 Å². The van der Waals surface area contributed by atoms with Gasteiger partial charge in [-0.1, -0.05) is 19.9 Å². The highest BCUT2D eigenvalue weighted by Crippen LogP contribution is 2.30. The molecule has 146 valence electrons. The van der Waals surface area contributed by atoms with E-state index in [0.29, 0.717) is 30.9 Å². The normalized spacial score (nSPS) is 17.5. The highest BCUT2D eigenvalue weighted by molar-refractivity contribution is 6.62. The van der Waals surface area contributed by atoms with Crippen molar-refractivity contribution in [3.8, 4) is 11.6 Å². The number of ether oxygens (including phenoxy) is 1. The Morgan fingerprint density at radius 1 is 1.32 bits per heavy atom. The van der Waals surface area contributed by atoms with Gasteiger partial charge >= 0.3 is 7.12 Å². The van der Waals surface area contributed by atoms with Crippen LogP contribution >= 0.6 is 0 Å². The number of hydrogen-bond acceptors (Lipinski definition) is 7. The SMILES string of the molecule is Cc1c(Oc2cnc(C(=O)N3CC(O)(C(C)C)C3)cn2)ccc2c1B(O)OC2. The number of likely N-dealkylation sites (tertiary alicyclic amines) is 1. The largest absolute Gasteiger partial charge is 0.492 e. The van der Waals surface area contributed by atoms with Gasteiger partial charge in [-0.2, -0.15) is 0 Å². The molecule has 3 heterocycles. The van der Waals surface area contributed by atoms with Crippen LogP contribution in [-0.2, 0) is 11.3 Å². The second-order valence-electron chi connectivity index (χ2n) is 7.69. The third-order valence-electron chi connectivity index (χ3n) is 5.55. The molecule has 4 rings (SSSR count). The van der Waals surface area contributed by atoms with Crippen molar-refractivity contribution in [1.82, 2.24) is 14.9 Å². The minimum absolute atomic E-state index is 0.0814. The molecule has 0 radical (unpaired) electrons. The maximum atomic E-state index is 12.5. The molecule has 1 aromatic carbocycles. The standard InChI is InChI=1S/C19H22BN3O5/c1-11(2)19(25)9-23(10-19)18(24)14-6-22-16(7-21-14)28-15-5-4-13-8-27-20(26)17(13)12(15)3/h4-7,11,25-26H,8-10H2,1-3H3. The Bertz CT molecular complexity index is 913. The minimum atomic E-state index is -0.953. The van der Waals surface area contributed by atoms with Crippen molar-refractivity contribution in [3.63, 3.8) is 0 Å². The van der Waals surface area contributed by atoms with E-state index in [2.05, 4.69) is 9.97 Å². The molecular weight excluding hydrogens is 361 g/mol. The van der Waals surface area contributed by atoms with E-state index in [9.17, 15) is 14.9 Å². The van der Waals surface area contributed by atoms with Crippen LogP contribution in [0.15, 0.2) is 24.5 Å². The van der Waals surface area contributed by atoms with E-state index in [1.54, 1.807) is 11.0 Å². The van der Waals surface area contributed by atoms with Crippen LogP contribution in [-0.4, -0.2) is 56.7 Å². The van der Waals surface area contributed by atoms with Crippen molar-refractivity contribution in [2.24, 2.45) is 5.92 Å². The molecule has 28 heavy (non-hydrogen) atoms. The smallest absolute Gasteiger partial charge is 0.437 e. The number of fused-ring (bicyclic) bond motifs is 1. The molecule has 2 aliphatic heterocycles. The molecule has 0 aliphatic carbocycles. The van der Waals surface area contributed by atoms with Gasteiger partial charge in [0.1, 0.15) is 17.0 Å². The van der Waals surface area contributed by atoms with Crippen molar-refractivity contribution in [3.05, 3.63) is 41.3 Å². The fourth-order valence-corrected chi connectivity index (χ4v) is 3.47. The Morgan fingerprint density at radius 3 is 2.71 bits per heavy atom. The zero-order valence-corrected chi connectivity index (χ0v) is 16.0. The fourth-order valence-electron chi connectivity index (χ4n) is 3.47. The van der Waals surface area contributed by atoms with Crippen LogP contribution < -0.4 is 10.2 Å². The zero-order chi connectivity index (χ0) is 20.1. The molecular formula is C19H22BN3O5. The molecule has 8 nitrogen and oxygen atoms in total. The summed E-state index contributed by atoms with van der Waals surface area (Å²) in [6, 6.07) is 3.64. The summed E-state index contributed by atoms with van der Waals surface area (Å²) in [5, 5.41) is 20.2. The van der Waals surface area contributed by atoms with Gasteiger partial charge in [0.25, 0.3) is 5.91 Å². The molecule has 2 aliphatic rings. The highest BCUT2D eigenvalue weighted by Gasteiger charge is 2.46. The van der Waals surface area contributed by atoms with Crippen LogP contribution in [0.1, 0.15) is 35.5 Å². The van der Waals surface area contributed by atoms with Crippen molar-refractivity contribution < 1.29 is 24.3 Å². The lowest BCUT2D eigenvalue weighted by Crippen LogP contribution is -2.66. The van der Waals surface area contributed by atoms with Crippen molar-refractivity contribution in [2.45, 2.75) is 33.0 Å². The summed E-state index contributed by atoms with van der Waals surface area (Å²) >= 11 is 0. The molecule has 2 aromatic rings. The van der Waals surface area contributed by atoms with Gasteiger partial charge in [-0.25, -0.2) is 9.97 Å². The maximum Gasteiger partial charge on any atom is 0.492 e. The lowest BCUT2D eigenvalue weighted by molar-refractivity contribution is -0.111. The number of aromatic nitrogens is 2. The van der Waals surface area contributed by atoms with Gasteiger partial charge in [-0.3, -0.25) is 4.79 Å². The van der Waals surface area contributed by atoms with Gasteiger partial charge in [-0.05, 0) is 35.5 Å². The molecule has 0 spiro atoms. The number of amides is 1. The van der Waals surface area contributed by atoms with Crippen LogP contribution in [0.2, 0.25) is 0 Å². The second-order valence-corrected chi connectivity index (χ2v) is 7.69. The van der Waals surface area contributed by atoms with E-state index in [4.69, 9.17) is 9.39 Å². The predicted molar refractivity (Wildman–Crippen MR) is 101 cm³/mol. The topological polar surface area (TPSA) is 105 Å².